The molecule has 1 fully saturated rings. The Labute approximate surface area is 96.6 Å². The second-order valence-corrected chi connectivity index (χ2v) is 4.79. The molecule has 0 unspecified atom stereocenters. The third-order valence-electron chi connectivity index (χ3n) is 2.86. The highest BCUT2D eigenvalue weighted by atomic mass is 16.5. The number of nitrogens with zero attached hydrogens (tertiary/aromatic N) is 2. The van der Waals surface area contributed by atoms with Crippen LogP contribution < -0.4 is 15.0 Å². The number of anilines is 1. The summed E-state index contributed by atoms with van der Waals surface area (Å²) < 4.78 is 5.14. The van der Waals surface area contributed by atoms with Crippen LogP contribution in [0.2, 0.25) is 0 Å². The summed E-state index contributed by atoms with van der Waals surface area (Å²) >= 11 is 0. The van der Waals surface area contributed by atoms with Gasteiger partial charge in [-0.2, -0.15) is 0 Å². The van der Waals surface area contributed by atoms with Crippen LogP contribution in [0.25, 0.3) is 0 Å². The highest BCUT2D eigenvalue weighted by molar-refractivity contribution is 5.49. The normalized spacial score (nSPS) is 19.6. The molecule has 1 saturated heterocycles. The van der Waals surface area contributed by atoms with E-state index in [4.69, 9.17) is 4.74 Å². The minimum Gasteiger partial charge on any atom is -0.481 e. The number of piperazine rings is 1. The van der Waals surface area contributed by atoms with Crippen molar-refractivity contribution in [2.24, 2.45) is 0 Å². The van der Waals surface area contributed by atoms with Crippen LogP contribution in [0, 0.1) is 0 Å². The number of hydrogen-bond donors (Lipinski definition) is 1. The number of pyridine rings is 1. The molecule has 1 aliphatic rings. The van der Waals surface area contributed by atoms with E-state index in [-0.39, 0.29) is 5.54 Å². The lowest BCUT2D eigenvalue weighted by molar-refractivity contribution is 0.352. The third kappa shape index (κ3) is 2.44. The van der Waals surface area contributed by atoms with Gasteiger partial charge in [-0.15, -0.1) is 0 Å². The molecule has 2 heterocycles. The number of aromatic nitrogens is 1. The summed E-state index contributed by atoms with van der Waals surface area (Å²) in [6.45, 7) is 7.48. The zero-order chi connectivity index (χ0) is 11.6. The van der Waals surface area contributed by atoms with Gasteiger partial charge in [-0.1, -0.05) is 0 Å². The Morgan fingerprint density at radius 3 is 3.00 bits per heavy atom. The SMILES string of the molecule is COc1cc(N2CCNC(C)(C)C2)ccn1. The molecule has 2 rings (SSSR count). The minimum atomic E-state index is 0.161. The second-order valence-electron chi connectivity index (χ2n) is 4.79. The quantitative estimate of drug-likeness (QED) is 0.816. The predicted molar refractivity (Wildman–Crippen MR) is 65.1 cm³/mol. The first-order valence-electron chi connectivity index (χ1n) is 5.61. The van der Waals surface area contributed by atoms with E-state index in [0.29, 0.717) is 5.88 Å². The minimum absolute atomic E-state index is 0.161. The van der Waals surface area contributed by atoms with Crippen LogP contribution in [-0.2, 0) is 0 Å². The van der Waals surface area contributed by atoms with E-state index >= 15 is 0 Å². The maximum Gasteiger partial charge on any atom is 0.214 e. The van der Waals surface area contributed by atoms with Crippen LogP contribution in [0.1, 0.15) is 13.8 Å². The van der Waals surface area contributed by atoms with Gasteiger partial charge in [0.1, 0.15) is 0 Å². The Morgan fingerprint density at radius 2 is 2.31 bits per heavy atom. The number of nitrogens with one attached hydrogen (secondary N) is 1. The number of hydrogen-bond acceptors (Lipinski definition) is 4. The second kappa shape index (κ2) is 4.29. The van der Waals surface area contributed by atoms with Gasteiger partial charge in [0, 0.05) is 43.1 Å². The van der Waals surface area contributed by atoms with Crippen LogP contribution in [-0.4, -0.2) is 37.3 Å². The van der Waals surface area contributed by atoms with Gasteiger partial charge in [-0.3, -0.25) is 0 Å². The number of methoxy groups -OCH3 is 1. The molecule has 0 amide bonds. The summed E-state index contributed by atoms with van der Waals surface area (Å²) in [6.07, 6.45) is 1.79. The van der Waals surface area contributed by atoms with Crippen LogP contribution in [0.15, 0.2) is 18.3 Å². The van der Waals surface area contributed by atoms with Gasteiger partial charge in [0.15, 0.2) is 0 Å². The number of rotatable bonds is 2. The van der Waals surface area contributed by atoms with Gasteiger partial charge < -0.3 is 15.0 Å². The molecule has 0 bridgehead atoms. The molecule has 0 atom stereocenters. The molecule has 4 nitrogen and oxygen atoms in total. The molecule has 0 radical (unpaired) electrons. The average Bonchev–Trinajstić information content (AvgIpc) is 2.28. The van der Waals surface area contributed by atoms with E-state index in [1.165, 1.54) is 5.69 Å². The summed E-state index contributed by atoms with van der Waals surface area (Å²) in [5.41, 5.74) is 1.34. The van der Waals surface area contributed by atoms with Crippen LogP contribution >= 0.6 is 0 Å². The number of ether oxygens (including phenoxy) is 1. The van der Waals surface area contributed by atoms with Crippen molar-refractivity contribution in [1.82, 2.24) is 10.3 Å². The van der Waals surface area contributed by atoms with E-state index in [1.807, 2.05) is 12.1 Å². The van der Waals surface area contributed by atoms with Crippen molar-refractivity contribution in [2.45, 2.75) is 19.4 Å². The summed E-state index contributed by atoms with van der Waals surface area (Å²) in [4.78, 5) is 6.49. The summed E-state index contributed by atoms with van der Waals surface area (Å²) in [7, 11) is 1.65. The van der Waals surface area contributed by atoms with Crippen molar-refractivity contribution in [3.05, 3.63) is 18.3 Å². The van der Waals surface area contributed by atoms with Crippen LogP contribution in [0.4, 0.5) is 5.69 Å². The Morgan fingerprint density at radius 1 is 1.50 bits per heavy atom. The summed E-state index contributed by atoms with van der Waals surface area (Å²) in [6, 6.07) is 4.02. The lowest BCUT2D eigenvalue weighted by Crippen LogP contribution is -2.57. The molecule has 0 spiro atoms. The fourth-order valence-corrected chi connectivity index (χ4v) is 2.07. The Bertz CT molecular complexity index is 365. The van der Waals surface area contributed by atoms with Gasteiger partial charge >= 0.3 is 0 Å². The Balaban J connectivity index is 2.16. The molecule has 16 heavy (non-hydrogen) atoms. The molecular weight excluding hydrogens is 202 g/mol. The van der Waals surface area contributed by atoms with Crippen molar-refractivity contribution < 1.29 is 4.74 Å². The molecule has 0 saturated carbocycles. The van der Waals surface area contributed by atoms with Crippen molar-refractivity contribution in [3.63, 3.8) is 0 Å². The largest absolute Gasteiger partial charge is 0.481 e. The zero-order valence-corrected chi connectivity index (χ0v) is 10.2. The molecule has 1 N–H and O–H groups in total. The van der Waals surface area contributed by atoms with E-state index < -0.39 is 0 Å². The first-order valence-corrected chi connectivity index (χ1v) is 5.61. The van der Waals surface area contributed by atoms with Gasteiger partial charge in [0.2, 0.25) is 5.88 Å². The zero-order valence-electron chi connectivity index (χ0n) is 10.2. The van der Waals surface area contributed by atoms with Crippen LogP contribution in [0.3, 0.4) is 0 Å². The van der Waals surface area contributed by atoms with Gasteiger partial charge in [-0.05, 0) is 19.9 Å². The van der Waals surface area contributed by atoms with Crippen molar-refractivity contribution >= 4 is 5.69 Å². The summed E-state index contributed by atoms with van der Waals surface area (Å²) in [5.74, 6) is 0.675. The fourth-order valence-electron chi connectivity index (χ4n) is 2.07. The first kappa shape index (κ1) is 11.2. The first-order chi connectivity index (χ1) is 7.61. The van der Waals surface area contributed by atoms with Gasteiger partial charge in [0.05, 0.1) is 7.11 Å². The maximum atomic E-state index is 5.14. The van der Waals surface area contributed by atoms with Crippen molar-refractivity contribution in [1.29, 1.82) is 0 Å². The predicted octanol–water partition coefficient (Wildman–Crippen LogP) is 1.28. The van der Waals surface area contributed by atoms with Gasteiger partial charge in [0.25, 0.3) is 0 Å². The Hall–Kier alpha value is -1.29. The van der Waals surface area contributed by atoms with E-state index in [2.05, 4.69) is 29.0 Å². The molecule has 0 aromatic carbocycles. The summed E-state index contributed by atoms with van der Waals surface area (Å²) in [5, 5.41) is 3.50. The Kier molecular flexibility index (Phi) is 3.01. The van der Waals surface area contributed by atoms with E-state index in [0.717, 1.165) is 19.6 Å². The monoisotopic (exact) mass is 221 g/mol. The standard InChI is InChI=1S/C12H19N3O/c1-12(2)9-15(7-6-14-12)10-4-5-13-11(8-10)16-3/h4-5,8,14H,6-7,9H2,1-3H3. The lowest BCUT2D eigenvalue weighted by Gasteiger charge is -2.40. The third-order valence-corrected chi connectivity index (χ3v) is 2.86. The maximum absolute atomic E-state index is 5.14. The molecule has 4 heteroatoms. The van der Waals surface area contributed by atoms with Crippen molar-refractivity contribution in [2.75, 3.05) is 31.6 Å². The fraction of sp³-hybridized carbons (Fsp3) is 0.583. The molecule has 0 aliphatic carbocycles. The van der Waals surface area contributed by atoms with E-state index in [9.17, 15) is 0 Å². The molecule has 1 aliphatic heterocycles. The van der Waals surface area contributed by atoms with Crippen LogP contribution in [0.5, 0.6) is 5.88 Å². The molecule has 88 valence electrons. The highest BCUT2D eigenvalue weighted by Crippen LogP contribution is 2.22. The van der Waals surface area contributed by atoms with E-state index in [1.54, 1.807) is 13.3 Å². The van der Waals surface area contributed by atoms with Crippen molar-refractivity contribution in [3.8, 4) is 5.88 Å². The smallest absolute Gasteiger partial charge is 0.214 e. The lowest BCUT2D eigenvalue weighted by atomic mass is 10.0. The van der Waals surface area contributed by atoms with Gasteiger partial charge in [-0.25, -0.2) is 4.98 Å². The molecule has 1 aromatic heterocycles. The average molecular weight is 221 g/mol. The topological polar surface area (TPSA) is 37.4 Å². The molecular formula is C12H19N3O. The highest BCUT2D eigenvalue weighted by Gasteiger charge is 2.25. The molecule has 1 aromatic rings.